The van der Waals surface area contributed by atoms with Crippen molar-refractivity contribution in [2.45, 2.75) is 19.1 Å². The second-order valence-electron chi connectivity index (χ2n) is 7.76. The SMILES string of the molecule is NC1=NCCN(Cc2cc(Cl)ccc2C(F)(F)F)C1=CC(N)=C1N=C(CC2CNC2)ON1. The van der Waals surface area contributed by atoms with Gasteiger partial charge in [0.25, 0.3) is 0 Å². The van der Waals surface area contributed by atoms with Crippen molar-refractivity contribution in [3.8, 4) is 0 Å². The highest BCUT2D eigenvalue weighted by Crippen LogP contribution is 2.34. The van der Waals surface area contributed by atoms with E-state index in [9.17, 15) is 13.2 Å². The fourth-order valence-electron chi connectivity index (χ4n) is 3.60. The van der Waals surface area contributed by atoms with Gasteiger partial charge in [-0.2, -0.15) is 18.2 Å². The van der Waals surface area contributed by atoms with Gasteiger partial charge < -0.3 is 26.5 Å². The van der Waals surface area contributed by atoms with Crippen molar-refractivity contribution in [3.63, 3.8) is 0 Å². The molecule has 3 aliphatic heterocycles. The van der Waals surface area contributed by atoms with Crippen LogP contribution >= 0.6 is 11.6 Å². The quantitative estimate of drug-likeness (QED) is 0.525. The van der Waals surface area contributed by atoms with Gasteiger partial charge in [0.15, 0.2) is 5.82 Å². The van der Waals surface area contributed by atoms with Gasteiger partial charge in [-0.1, -0.05) is 11.6 Å². The lowest BCUT2D eigenvalue weighted by Gasteiger charge is -2.31. The third-order valence-corrected chi connectivity index (χ3v) is 5.62. The third kappa shape index (κ3) is 4.94. The fraction of sp³-hybridized carbons (Fsp3) is 0.400. The topological polar surface area (TPSA) is 113 Å². The van der Waals surface area contributed by atoms with Crippen LogP contribution in [0, 0.1) is 5.92 Å². The van der Waals surface area contributed by atoms with E-state index < -0.39 is 11.7 Å². The third-order valence-electron chi connectivity index (χ3n) is 5.39. The Morgan fingerprint density at radius 2 is 2.12 bits per heavy atom. The van der Waals surface area contributed by atoms with Gasteiger partial charge in [-0.15, -0.1) is 0 Å². The number of hydroxylamine groups is 1. The molecule has 1 aromatic rings. The molecule has 0 unspecified atom stereocenters. The first kappa shape index (κ1) is 22.3. The Morgan fingerprint density at radius 1 is 1.34 bits per heavy atom. The number of benzene rings is 1. The van der Waals surface area contributed by atoms with Gasteiger partial charge in [-0.25, -0.2) is 5.48 Å². The first-order valence-corrected chi connectivity index (χ1v) is 10.4. The molecule has 1 fully saturated rings. The van der Waals surface area contributed by atoms with Crippen LogP contribution in [0.4, 0.5) is 13.2 Å². The molecule has 0 aliphatic carbocycles. The van der Waals surface area contributed by atoms with Gasteiger partial charge >= 0.3 is 6.18 Å². The first-order valence-electron chi connectivity index (χ1n) is 10.0. The highest BCUT2D eigenvalue weighted by Gasteiger charge is 2.34. The molecule has 0 radical (unpaired) electrons. The molecular formula is C20H23ClF3N7O. The van der Waals surface area contributed by atoms with Gasteiger partial charge in [0.2, 0.25) is 5.90 Å². The van der Waals surface area contributed by atoms with Gasteiger partial charge in [0.1, 0.15) is 5.84 Å². The standard InChI is InChI=1S/C20H23ClF3N7O/c21-13-1-2-14(20(22,23)24)12(6-13)10-31-4-3-28-18(26)16(31)7-15(25)19-29-17(32-30-19)5-11-8-27-9-11/h1-2,6-7,11,27,30H,3-5,8-10,25H2,(H2,26,28). The van der Waals surface area contributed by atoms with Crippen molar-refractivity contribution in [2.75, 3.05) is 26.2 Å². The Labute approximate surface area is 187 Å². The summed E-state index contributed by atoms with van der Waals surface area (Å²) in [5.74, 6) is 1.49. The normalized spacial score (nSPS) is 22.1. The Kier molecular flexibility index (Phi) is 6.20. The molecule has 8 nitrogen and oxygen atoms in total. The summed E-state index contributed by atoms with van der Waals surface area (Å²) in [4.78, 5) is 15.7. The van der Waals surface area contributed by atoms with Crippen molar-refractivity contribution in [3.05, 3.63) is 57.6 Å². The molecule has 0 bridgehead atoms. The second-order valence-corrected chi connectivity index (χ2v) is 8.20. The van der Waals surface area contributed by atoms with E-state index in [0.717, 1.165) is 19.2 Å². The molecular weight excluding hydrogens is 447 g/mol. The molecule has 1 saturated heterocycles. The van der Waals surface area contributed by atoms with Crippen molar-refractivity contribution in [1.29, 1.82) is 0 Å². The summed E-state index contributed by atoms with van der Waals surface area (Å²) >= 11 is 5.97. The number of halogens is 4. The summed E-state index contributed by atoms with van der Waals surface area (Å²) in [6.07, 6.45) is -2.29. The molecule has 12 heteroatoms. The van der Waals surface area contributed by atoms with Crippen molar-refractivity contribution in [2.24, 2.45) is 27.4 Å². The molecule has 0 saturated carbocycles. The number of nitrogens with zero attached hydrogens (tertiary/aromatic N) is 3. The van der Waals surface area contributed by atoms with Gasteiger partial charge in [0, 0.05) is 24.5 Å². The lowest BCUT2D eigenvalue weighted by molar-refractivity contribution is -0.138. The molecule has 0 atom stereocenters. The second kappa shape index (κ2) is 8.91. The number of hydrogen-bond donors (Lipinski definition) is 4. The van der Waals surface area contributed by atoms with E-state index in [0.29, 0.717) is 42.8 Å². The number of alkyl halides is 3. The van der Waals surface area contributed by atoms with Gasteiger partial charge in [0.05, 0.1) is 23.5 Å². The van der Waals surface area contributed by atoms with Crippen LogP contribution in [0.5, 0.6) is 0 Å². The number of allylic oxidation sites excluding steroid dienone is 1. The van der Waals surface area contributed by atoms with Crippen LogP contribution < -0.4 is 22.3 Å². The van der Waals surface area contributed by atoms with Crippen LogP contribution in [-0.2, 0) is 17.6 Å². The van der Waals surface area contributed by atoms with Crippen LogP contribution in [-0.4, -0.2) is 42.8 Å². The minimum atomic E-state index is -4.51. The van der Waals surface area contributed by atoms with Crippen LogP contribution in [0.15, 0.2) is 51.5 Å². The van der Waals surface area contributed by atoms with E-state index in [-0.39, 0.29) is 28.7 Å². The van der Waals surface area contributed by atoms with E-state index in [4.69, 9.17) is 27.9 Å². The van der Waals surface area contributed by atoms with E-state index in [1.54, 1.807) is 11.0 Å². The predicted octanol–water partition coefficient (Wildman–Crippen LogP) is 2.09. The number of nitrogens with two attached hydrogens (primary N) is 2. The summed E-state index contributed by atoms with van der Waals surface area (Å²) in [5, 5.41) is 3.40. The maximum Gasteiger partial charge on any atom is 0.416 e. The minimum absolute atomic E-state index is 0.0357. The zero-order valence-electron chi connectivity index (χ0n) is 17.0. The molecule has 172 valence electrons. The highest BCUT2D eigenvalue weighted by molar-refractivity contribution is 6.30. The average molecular weight is 470 g/mol. The van der Waals surface area contributed by atoms with Crippen LogP contribution in [0.1, 0.15) is 17.5 Å². The Morgan fingerprint density at radius 3 is 2.81 bits per heavy atom. The van der Waals surface area contributed by atoms with Crippen molar-refractivity contribution in [1.82, 2.24) is 15.7 Å². The maximum absolute atomic E-state index is 13.5. The zero-order chi connectivity index (χ0) is 22.9. The van der Waals surface area contributed by atoms with Crippen molar-refractivity contribution < 1.29 is 18.0 Å². The summed E-state index contributed by atoms with van der Waals surface area (Å²) in [7, 11) is 0. The number of amidine groups is 1. The molecule has 1 aromatic carbocycles. The fourth-order valence-corrected chi connectivity index (χ4v) is 3.80. The molecule has 0 aromatic heterocycles. The molecule has 32 heavy (non-hydrogen) atoms. The minimum Gasteiger partial charge on any atom is -0.396 e. The van der Waals surface area contributed by atoms with E-state index >= 15 is 0 Å². The Bertz CT molecular complexity index is 1010. The lowest BCUT2D eigenvalue weighted by atomic mass is 10.00. The molecule has 3 heterocycles. The monoisotopic (exact) mass is 469 g/mol. The van der Waals surface area contributed by atoms with E-state index in [1.807, 2.05) is 0 Å². The molecule has 6 N–H and O–H groups in total. The first-order chi connectivity index (χ1) is 15.2. The van der Waals surface area contributed by atoms with Crippen LogP contribution in [0.25, 0.3) is 0 Å². The molecule has 0 amide bonds. The summed E-state index contributed by atoms with van der Waals surface area (Å²) < 4.78 is 40.5. The van der Waals surface area contributed by atoms with Crippen LogP contribution in [0.3, 0.4) is 0 Å². The highest BCUT2D eigenvalue weighted by atomic mass is 35.5. The predicted molar refractivity (Wildman–Crippen MR) is 115 cm³/mol. The molecule has 3 aliphatic rings. The van der Waals surface area contributed by atoms with Crippen LogP contribution in [0.2, 0.25) is 5.02 Å². The average Bonchev–Trinajstić information content (AvgIpc) is 3.15. The molecule has 4 rings (SSSR count). The van der Waals surface area contributed by atoms with E-state index in [1.165, 1.54) is 12.1 Å². The van der Waals surface area contributed by atoms with Gasteiger partial charge in [-0.05, 0) is 48.8 Å². The maximum atomic E-state index is 13.5. The smallest absolute Gasteiger partial charge is 0.396 e. The lowest BCUT2D eigenvalue weighted by Crippen LogP contribution is -2.43. The van der Waals surface area contributed by atoms with Crippen molar-refractivity contribution >= 4 is 23.3 Å². The van der Waals surface area contributed by atoms with E-state index in [2.05, 4.69) is 20.8 Å². The number of nitrogens with one attached hydrogen (secondary N) is 2. The number of hydrogen-bond acceptors (Lipinski definition) is 8. The Hall–Kier alpha value is -2.92. The zero-order valence-corrected chi connectivity index (χ0v) is 17.8. The summed E-state index contributed by atoms with van der Waals surface area (Å²) in [6, 6.07) is 3.51. The van der Waals surface area contributed by atoms with Gasteiger partial charge in [-0.3, -0.25) is 4.99 Å². The summed E-state index contributed by atoms with van der Waals surface area (Å²) in [6.45, 7) is 2.47. The number of rotatable bonds is 5. The summed E-state index contributed by atoms with van der Waals surface area (Å²) in [5.41, 5.74) is 14.9. The largest absolute Gasteiger partial charge is 0.416 e. The Balaban J connectivity index is 1.60. The number of aliphatic imine (C=N–C) groups is 2. The molecule has 0 spiro atoms.